The molecular formula is C30H56O4. The van der Waals surface area contributed by atoms with Gasteiger partial charge < -0.3 is 9.47 Å². The molecule has 0 fully saturated rings. The molecule has 0 unspecified atom stereocenters. The van der Waals surface area contributed by atoms with Gasteiger partial charge in [-0.15, -0.1) is 0 Å². The van der Waals surface area contributed by atoms with Crippen molar-refractivity contribution in [3.8, 4) is 0 Å². The number of carbonyl (C=O) groups excluding carboxylic acids is 2. The molecule has 0 heterocycles. The maximum atomic E-state index is 13.0. The lowest BCUT2D eigenvalue weighted by Crippen LogP contribution is -2.18. The van der Waals surface area contributed by atoms with Gasteiger partial charge in [-0.2, -0.15) is 0 Å². The summed E-state index contributed by atoms with van der Waals surface area (Å²) in [5.41, 5.74) is 1.16. The molecule has 0 rings (SSSR count). The van der Waals surface area contributed by atoms with Crippen molar-refractivity contribution in [1.82, 2.24) is 0 Å². The van der Waals surface area contributed by atoms with Gasteiger partial charge in [-0.25, -0.2) is 9.59 Å². The van der Waals surface area contributed by atoms with Crippen molar-refractivity contribution < 1.29 is 19.1 Å². The van der Waals surface area contributed by atoms with Crippen molar-refractivity contribution in [2.75, 3.05) is 13.2 Å². The number of esters is 2. The number of carbonyl (C=O) groups is 2. The molecule has 0 aliphatic rings. The lowest BCUT2D eigenvalue weighted by atomic mass is 9.96. The minimum Gasteiger partial charge on any atom is -0.462 e. The van der Waals surface area contributed by atoms with Crippen molar-refractivity contribution in [1.29, 1.82) is 0 Å². The fourth-order valence-electron chi connectivity index (χ4n) is 4.06. The van der Waals surface area contributed by atoms with E-state index in [2.05, 4.69) is 27.7 Å². The summed E-state index contributed by atoms with van der Waals surface area (Å²) < 4.78 is 11.2. The summed E-state index contributed by atoms with van der Waals surface area (Å²) in [6, 6.07) is 0. The predicted octanol–water partition coefficient (Wildman–Crippen LogP) is 9.25. The molecule has 0 aliphatic carbocycles. The first kappa shape index (κ1) is 32.7. The van der Waals surface area contributed by atoms with Gasteiger partial charge in [-0.1, -0.05) is 118 Å². The van der Waals surface area contributed by atoms with Crippen LogP contribution in [-0.4, -0.2) is 25.2 Å². The van der Waals surface area contributed by atoms with Gasteiger partial charge >= 0.3 is 11.9 Å². The van der Waals surface area contributed by atoms with E-state index in [1.54, 1.807) is 0 Å². The van der Waals surface area contributed by atoms with E-state index in [4.69, 9.17) is 9.47 Å². The van der Waals surface area contributed by atoms with Crippen LogP contribution in [0.15, 0.2) is 11.1 Å². The smallest absolute Gasteiger partial charge is 0.334 e. The van der Waals surface area contributed by atoms with Crippen molar-refractivity contribution in [2.45, 2.75) is 156 Å². The topological polar surface area (TPSA) is 52.6 Å². The highest BCUT2D eigenvalue weighted by Crippen LogP contribution is 2.23. The zero-order valence-corrected chi connectivity index (χ0v) is 23.2. The van der Waals surface area contributed by atoms with E-state index in [1.165, 1.54) is 64.2 Å². The van der Waals surface area contributed by atoms with Crippen molar-refractivity contribution in [2.24, 2.45) is 0 Å². The Morgan fingerprint density at radius 1 is 0.412 bits per heavy atom. The quantitative estimate of drug-likeness (QED) is 0.0784. The summed E-state index contributed by atoms with van der Waals surface area (Å²) in [5, 5.41) is 0. The molecule has 0 amide bonds. The molecule has 34 heavy (non-hydrogen) atoms. The largest absolute Gasteiger partial charge is 0.462 e. The molecule has 0 aromatic carbocycles. The predicted molar refractivity (Wildman–Crippen MR) is 144 cm³/mol. The Labute approximate surface area is 211 Å². The second kappa shape index (κ2) is 24.8. The maximum Gasteiger partial charge on any atom is 0.334 e. The molecule has 4 nitrogen and oxygen atoms in total. The van der Waals surface area contributed by atoms with Crippen LogP contribution in [0.2, 0.25) is 0 Å². The molecule has 0 bridgehead atoms. The number of hydrogen-bond acceptors (Lipinski definition) is 4. The lowest BCUT2D eigenvalue weighted by molar-refractivity contribution is -0.142. The van der Waals surface area contributed by atoms with Crippen LogP contribution in [0.25, 0.3) is 0 Å². The number of unbranched alkanes of at least 4 members (excludes halogenated alkanes) is 14. The molecule has 0 saturated heterocycles. The second-order valence-electron chi connectivity index (χ2n) is 9.68. The average molecular weight is 481 g/mol. The van der Waals surface area contributed by atoms with Crippen LogP contribution in [0.3, 0.4) is 0 Å². The molecule has 0 radical (unpaired) electrons. The minimum atomic E-state index is -0.302. The van der Waals surface area contributed by atoms with E-state index in [9.17, 15) is 9.59 Å². The number of ether oxygens (including phenoxy) is 2. The molecular weight excluding hydrogens is 424 g/mol. The molecule has 200 valence electrons. The monoisotopic (exact) mass is 480 g/mol. The molecule has 0 saturated carbocycles. The SMILES string of the molecule is CCCCCCCCCC/C(C(=O)OCCCC)=C(\CCCCCCCC)C(=O)OCCCC. The van der Waals surface area contributed by atoms with Crippen LogP contribution in [0, 0.1) is 0 Å². The lowest BCUT2D eigenvalue weighted by Gasteiger charge is -2.15. The molecule has 0 aliphatic heterocycles. The molecule has 0 atom stereocenters. The van der Waals surface area contributed by atoms with Crippen LogP contribution in [0.1, 0.15) is 156 Å². The normalized spacial score (nSPS) is 11.9. The third-order valence-corrected chi connectivity index (χ3v) is 6.38. The van der Waals surface area contributed by atoms with E-state index in [-0.39, 0.29) is 11.9 Å². The Kier molecular flexibility index (Phi) is 23.8. The van der Waals surface area contributed by atoms with Gasteiger partial charge in [0.15, 0.2) is 0 Å². The number of hydrogen-bond donors (Lipinski definition) is 0. The van der Waals surface area contributed by atoms with Crippen LogP contribution in [-0.2, 0) is 19.1 Å². The average Bonchev–Trinajstić information content (AvgIpc) is 2.83. The summed E-state index contributed by atoms with van der Waals surface area (Å²) in [6.45, 7) is 9.47. The first-order valence-electron chi connectivity index (χ1n) is 14.7. The van der Waals surface area contributed by atoms with Crippen LogP contribution in [0.4, 0.5) is 0 Å². The van der Waals surface area contributed by atoms with Gasteiger partial charge in [0, 0.05) is 11.1 Å². The van der Waals surface area contributed by atoms with Gasteiger partial charge in [0.2, 0.25) is 0 Å². The third kappa shape index (κ3) is 18.1. The number of rotatable bonds is 24. The molecule has 0 aromatic rings. The van der Waals surface area contributed by atoms with Gasteiger partial charge in [0.25, 0.3) is 0 Å². The fourth-order valence-corrected chi connectivity index (χ4v) is 4.06. The summed E-state index contributed by atoms with van der Waals surface area (Å²) in [6.07, 6.45) is 21.5. The van der Waals surface area contributed by atoms with Gasteiger partial charge in [-0.3, -0.25) is 0 Å². The first-order valence-corrected chi connectivity index (χ1v) is 14.7. The van der Waals surface area contributed by atoms with Crippen molar-refractivity contribution in [3.63, 3.8) is 0 Å². The highest BCUT2D eigenvalue weighted by molar-refractivity contribution is 6.00. The van der Waals surface area contributed by atoms with Gasteiger partial charge in [0.1, 0.15) is 0 Å². The standard InChI is InChI=1S/C30H56O4/c1-5-9-13-15-17-18-20-22-24-28(30(32)34-26-12-8-4)27(29(31)33-25-11-7-3)23-21-19-16-14-10-6-2/h5-26H2,1-4H3/b28-27-. The summed E-state index contributed by atoms with van der Waals surface area (Å²) in [5.74, 6) is -0.603. The summed E-state index contributed by atoms with van der Waals surface area (Å²) in [4.78, 5) is 26.0. The Balaban J connectivity index is 5.19. The zero-order valence-electron chi connectivity index (χ0n) is 23.2. The highest BCUT2D eigenvalue weighted by atomic mass is 16.5. The van der Waals surface area contributed by atoms with E-state index < -0.39 is 0 Å². The van der Waals surface area contributed by atoms with Crippen molar-refractivity contribution in [3.05, 3.63) is 11.1 Å². The highest BCUT2D eigenvalue weighted by Gasteiger charge is 2.23. The zero-order chi connectivity index (χ0) is 25.3. The Morgan fingerprint density at radius 3 is 1.03 bits per heavy atom. The Bertz CT molecular complexity index is 524. The summed E-state index contributed by atoms with van der Waals surface area (Å²) in [7, 11) is 0. The third-order valence-electron chi connectivity index (χ3n) is 6.38. The van der Waals surface area contributed by atoms with Crippen molar-refractivity contribution >= 4 is 11.9 Å². The van der Waals surface area contributed by atoms with E-state index in [0.717, 1.165) is 51.4 Å². The Hall–Kier alpha value is -1.32. The van der Waals surface area contributed by atoms with Gasteiger partial charge in [-0.05, 0) is 38.5 Å². The fraction of sp³-hybridized carbons (Fsp3) is 0.867. The molecule has 0 spiro atoms. The molecule has 4 heteroatoms. The molecule has 0 aromatic heterocycles. The first-order chi connectivity index (χ1) is 16.6. The van der Waals surface area contributed by atoms with Crippen LogP contribution < -0.4 is 0 Å². The summed E-state index contributed by atoms with van der Waals surface area (Å²) >= 11 is 0. The minimum absolute atomic E-state index is 0.301. The maximum absolute atomic E-state index is 13.0. The second-order valence-corrected chi connectivity index (χ2v) is 9.68. The van der Waals surface area contributed by atoms with Crippen LogP contribution in [0.5, 0.6) is 0 Å². The van der Waals surface area contributed by atoms with E-state index in [0.29, 0.717) is 37.2 Å². The van der Waals surface area contributed by atoms with Gasteiger partial charge in [0.05, 0.1) is 13.2 Å². The Morgan fingerprint density at radius 2 is 0.706 bits per heavy atom. The molecule has 0 N–H and O–H groups in total. The van der Waals surface area contributed by atoms with Crippen LogP contribution >= 0.6 is 0 Å². The van der Waals surface area contributed by atoms with E-state index >= 15 is 0 Å². The van der Waals surface area contributed by atoms with E-state index in [1.807, 2.05) is 0 Å².